The fraction of sp³-hybridized carbons (Fsp3) is 0.875. The molecule has 0 saturated carbocycles. The van der Waals surface area contributed by atoms with E-state index in [4.69, 9.17) is 11.5 Å². The lowest BCUT2D eigenvalue weighted by atomic mass is 9.76. The van der Waals surface area contributed by atoms with Crippen molar-refractivity contribution >= 4 is 11.8 Å². The number of likely N-dealkylation sites (tertiary alicyclic amines) is 1. The normalized spacial score (nSPS) is 24.1. The number of rotatable bonds is 6. The molecule has 1 aliphatic heterocycles. The monoisotopic (exact) mass is 297 g/mol. The summed E-state index contributed by atoms with van der Waals surface area (Å²) in [6, 6.07) is 0. The first-order valence-electron chi connectivity index (χ1n) is 7.88. The maximum absolute atomic E-state index is 12.3. The summed E-state index contributed by atoms with van der Waals surface area (Å²) < 4.78 is 0. The smallest absolute Gasteiger partial charge is 0.225 e. The van der Waals surface area contributed by atoms with Crippen molar-refractivity contribution in [1.29, 1.82) is 0 Å². The van der Waals surface area contributed by atoms with E-state index in [0.717, 1.165) is 12.8 Å². The Balaban J connectivity index is 2.53. The van der Waals surface area contributed by atoms with Crippen LogP contribution in [-0.2, 0) is 9.59 Å². The summed E-state index contributed by atoms with van der Waals surface area (Å²) >= 11 is 0. The van der Waals surface area contributed by atoms with Crippen LogP contribution in [0.4, 0.5) is 0 Å². The molecule has 0 aromatic carbocycles. The lowest BCUT2D eigenvalue weighted by Crippen LogP contribution is -2.38. The van der Waals surface area contributed by atoms with Gasteiger partial charge in [0.1, 0.15) is 0 Å². The second kappa shape index (κ2) is 6.77. The number of carbonyl (C=O) groups excluding carboxylic acids is 2. The molecule has 5 nitrogen and oxygen atoms in total. The molecule has 1 saturated heterocycles. The van der Waals surface area contributed by atoms with Crippen LogP contribution in [0.15, 0.2) is 0 Å². The van der Waals surface area contributed by atoms with Crippen LogP contribution in [0, 0.1) is 16.7 Å². The van der Waals surface area contributed by atoms with E-state index in [9.17, 15) is 9.59 Å². The van der Waals surface area contributed by atoms with E-state index in [1.165, 1.54) is 0 Å². The van der Waals surface area contributed by atoms with E-state index < -0.39 is 5.41 Å². The Morgan fingerprint density at radius 1 is 1.29 bits per heavy atom. The Bertz CT molecular complexity index is 389. The van der Waals surface area contributed by atoms with Crippen molar-refractivity contribution in [2.45, 2.75) is 53.4 Å². The quantitative estimate of drug-likeness (QED) is 0.778. The molecule has 0 aromatic heterocycles. The van der Waals surface area contributed by atoms with Crippen LogP contribution >= 0.6 is 0 Å². The van der Waals surface area contributed by atoms with Crippen molar-refractivity contribution in [3.8, 4) is 0 Å². The van der Waals surface area contributed by atoms with Gasteiger partial charge < -0.3 is 16.4 Å². The summed E-state index contributed by atoms with van der Waals surface area (Å²) in [7, 11) is 0. The van der Waals surface area contributed by atoms with E-state index >= 15 is 0 Å². The zero-order chi connectivity index (χ0) is 16.3. The fourth-order valence-corrected chi connectivity index (χ4v) is 3.04. The molecule has 2 amide bonds. The van der Waals surface area contributed by atoms with Crippen LogP contribution in [0.1, 0.15) is 53.4 Å². The van der Waals surface area contributed by atoms with Crippen molar-refractivity contribution in [1.82, 2.24) is 4.90 Å². The Hall–Kier alpha value is -1.10. The minimum absolute atomic E-state index is 0.131. The lowest BCUT2D eigenvalue weighted by Gasteiger charge is -2.31. The molecule has 2 atom stereocenters. The van der Waals surface area contributed by atoms with E-state index in [-0.39, 0.29) is 17.2 Å². The molecular weight excluding hydrogens is 266 g/mol. The highest BCUT2D eigenvalue weighted by atomic mass is 16.2. The van der Waals surface area contributed by atoms with E-state index in [1.807, 2.05) is 6.92 Å². The predicted octanol–water partition coefficient (Wildman–Crippen LogP) is 1.50. The summed E-state index contributed by atoms with van der Waals surface area (Å²) in [4.78, 5) is 25.6. The number of hydrogen-bond acceptors (Lipinski definition) is 3. The molecule has 2 unspecified atom stereocenters. The van der Waals surface area contributed by atoms with Gasteiger partial charge in [0.15, 0.2) is 0 Å². The van der Waals surface area contributed by atoms with Crippen LogP contribution in [0.3, 0.4) is 0 Å². The van der Waals surface area contributed by atoms with Crippen molar-refractivity contribution in [3.05, 3.63) is 0 Å². The second-order valence-electron chi connectivity index (χ2n) is 7.67. The van der Waals surface area contributed by atoms with Crippen LogP contribution in [0.25, 0.3) is 0 Å². The van der Waals surface area contributed by atoms with Crippen molar-refractivity contribution in [2.75, 3.05) is 19.6 Å². The number of nitrogens with zero attached hydrogens (tertiary/aromatic N) is 1. The maximum Gasteiger partial charge on any atom is 0.225 e. The Labute approximate surface area is 128 Å². The zero-order valence-corrected chi connectivity index (χ0v) is 13.9. The molecule has 0 aromatic rings. The summed E-state index contributed by atoms with van der Waals surface area (Å²) in [5.74, 6) is 0.260. The standard InChI is InChI=1S/C16H31N3O2/c1-15(2,3)12(7-9-17)5-6-13(20)19-10-8-16(4,11-19)14(18)21/h12H,5-11,17H2,1-4H3,(H2,18,21). The van der Waals surface area contributed by atoms with Crippen molar-refractivity contribution in [2.24, 2.45) is 28.2 Å². The van der Waals surface area contributed by atoms with Gasteiger partial charge in [-0.05, 0) is 44.1 Å². The minimum Gasteiger partial charge on any atom is -0.369 e. The number of primary amides is 1. The molecule has 1 rings (SSSR count). The van der Waals surface area contributed by atoms with Gasteiger partial charge in [-0.1, -0.05) is 20.8 Å². The van der Waals surface area contributed by atoms with E-state index in [0.29, 0.717) is 38.4 Å². The fourth-order valence-electron chi connectivity index (χ4n) is 3.04. The van der Waals surface area contributed by atoms with Crippen LogP contribution < -0.4 is 11.5 Å². The summed E-state index contributed by atoms with van der Waals surface area (Å²) in [5.41, 5.74) is 10.7. The van der Waals surface area contributed by atoms with Gasteiger partial charge in [0, 0.05) is 19.5 Å². The highest BCUT2D eigenvalue weighted by molar-refractivity contribution is 5.83. The van der Waals surface area contributed by atoms with Crippen molar-refractivity contribution < 1.29 is 9.59 Å². The molecule has 4 N–H and O–H groups in total. The molecule has 0 aliphatic carbocycles. The third kappa shape index (κ3) is 4.70. The van der Waals surface area contributed by atoms with Crippen molar-refractivity contribution in [3.63, 3.8) is 0 Å². The first kappa shape index (κ1) is 18.0. The minimum atomic E-state index is -0.559. The highest BCUT2D eigenvalue weighted by Crippen LogP contribution is 2.34. The first-order chi connectivity index (χ1) is 9.60. The predicted molar refractivity (Wildman–Crippen MR) is 84.3 cm³/mol. The lowest BCUT2D eigenvalue weighted by molar-refractivity contribution is -0.132. The van der Waals surface area contributed by atoms with Gasteiger partial charge in [0.25, 0.3) is 0 Å². The molecule has 1 fully saturated rings. The Kier molecular flexibility index (Phi) is 5.79. The Morgan fingerprint density at radius 2 is 1.90 bits per heavy atom. The van der Waals surface area contributed by atoms with Gasteiger partial charge >= 0.3 is 0 Å². The van der Waals surface area contributed by atoms with Gasteiger partial charge in [-0.15, -0.1) is 0 Å². The van der Waals surface area contributed by atoms with Crippen LogP contribution in [0.5, 0.6) is 0 Å². The molecule has 1 aliphatic rings. The van der Waals surface area contributed by atoms with Crippen LogP contribution in [-0.4, -0.2) is 36.3 Å². The summed E-state index contributed by atoms with van der Waals surface area (Å²) in [6.07, 6.45) is 2.98. The second-order valence-corrected chi connectivity index (χ2v) is 7.67. The largest absolute Gasteiger partial charge is 0.369 e. The van der Waals surface area contributed by atoms with Gasteiger partial charge in [-0.3, -0.25) is 9.59 Å². The molecule has 0 radical (unpaired) electrons. The molecule has 0 spiro atoms. The number of carbonyl (C=O) groups is 2. The zero-order valence-electron chi connectivity index (χ0n) is 13.9. The molecule has 0 bridgehead atoms. The SMILES string of the molecule is CC1(C(N)=O)CCN(C(=O)CCC(CCN)C(C)(C)C)C1. The molecule has 122 valence electrons. The Morgan fingerprint density at radius 3 is 2.33 bits per heavy atom. The molecular formula is C16H31N3O2. The third-order valence-electron chi connectivity index (χ3n) is 4.87. The molecule has 21 heavy (non-hydrogen) atoms. The summed E-state index contributed by atoms with van der Waals surface area (Å²) in [5, 5.41) is 0. The van der Waals surface area contributed by atoms with Crippen LogP contribution in [0.2, 0.25) is 0 Å². The third-order valence-corrected chi connectivity index (χ3v) is 4.87. The average Bonchev–Trinajstić information content (AvgIpc) is 2.77. The van der Waals surface area contributed by atoms with Gasteiger partial charge in [-0.2, -0.15) is 0 Å². The molecule has 5 heteroatoms. The number of hydrogen-bond donors (Lipinski definition) is 2. The summed E-state index contributed by atoms with van der Waals surface area (Å²) in [6.45, 7) is 10.2. The number of amides is 2. The first-order valence-corrected chi connectivity index (χ1v) is 7.88. The van der Waals surface area contributed by atoms with E-state index in [2.05, 4.69) is 20.8 Å². The van der Waals surface area contributed by atoms with Gasteiger partial charge in [-0.25, -0.2) is 0 Å². The average molecular weight is 297 g/mol. The highest BCUT2D eigenvalue weighted by Gasteiger charge is 2.40. The van der Waals surface area contributed by atoms with Gasteiger partial charge in [0.05, 0.1) is 5.41 Å². The topological polar surface area (TPSA) is 89.4 Å². The van der Waals surface area contributed by atoms with E-state index in [1.54, 1.807) is 4.90 Å². The molecule has 1 heterocycles. The van der Waals surface area contributed by atoms with Gasteiger partial charge in [0.2, 0.25) is 11.8 Å². The maximum atomic E-state index is 12.3. The number of nitrogens with two attached hydrogens (primary N) is 2.